The van der Waals surface area contributed by atoms with Gasteiger partial charge in [0.25, 0.3) is 5.91 Å². The first-order valence-corrected chi connectivity index (χ1v) is 8.83. The number of carbonyl (C=O) groups excluding carboxylic acids is 2. The number of hydrogen-bond acceptors (Lipinski definition) is 4. The maximum absolute atomic E-state index is 12.5. The van der Waals surface area contributed by atoms with Gasteiger partial charge in [0, 0.05) is 51.3 Å². The molecule has 0 radical (unpaired) electrons. The summed E-state index contributed by atoms with van der Waals surface area (Å²) in [4.78, 5) is 31.0. The lowest BCUT2D eigenvalue weighted by Gasteiger charge is -2.46. The number of hydrogen-bond donors (Lipinski definition) is 1. The number of imidazole rings is 1. The van der Waals surface area contributed by atoms with Gasteiger partial charge < -0.3 is 19.5 Å². The first-order chi connectivity index (χ1) is 11.6. The summed E-state index contributed by atoms with van der Waals surface area (Å²) in [5, 5.41) is 2.67. The van der Waals surface area contributed by atoms with Gasteiger partial charge in [0.05, 0.1) is 6.54 Å². The number of aromatic nitrogens is 2. The van der Waals surface area contributed by atoms with E-state index in [1.165, 1.54) is 6.42 Å². The number of amides is 2. The van der Waals surface area contributed by atoms with E-state index in [1.54, 1.807) is 13.2 Å². The molecule has 1 atom stereocenters. The normalized spacial score (nSPS) is 25.9. The SMILES string of the molecule is CNC(=O)[C@@H]1Cn2ccnc2C2(CCN(C(=O)C3CCC3)CC2)O1. The Bertz CT molecular complexity index is 644. The molecule has 0 bridgehead atoms. The molecule has 24 heavy (non-hydrogen) atoms. The van der Waals surface area contributed by atoms with E-state index in [9.17, 15) is 9.59 Å². The van der Waals surface area contributed by atoms with Crippen LogP contribution in [0.1, 0.15) is 37.9 Å². The van der Waals surface area contributed by atoms with Crippen LogP contribution in [0.5, 0.6) is 0 Å². The summed E-state index contributed by atoms with van der Waals surface area (Å²) in [6.45, 7) is 1.83. The zero-order chi connectivity index (χ0) is 16.7. The largest absolute Gasteiger partial charge is 0.357 e. The molecule has 7 nitrogen and oxygen atoms in total. The van der Waals surface area contributed by atoms with Gasteiger partial charge in [0.1, 0.15) is 11.4 Å². The number of rotatable bonds is 2. The van der Waals surface area contributed by atoms with Crippen molar-refractivity contribution in [2.75, 3.05) is 20.1 Å². The quantitative estimate of drug-likeness (QED) is 0.862. The van der Waals surface area contributed by atoms with Crippen LogP contribution in [0.2, 0.25) is 0 Å². The van der Waals surface area contributed by atoms with Crippen LogP contribution >= 0.6 is 0 Å². The number of likely N-dealkylation sites (tertiary alicyclic amines) is 1. The molecular weight excluding hydrogens is 308 g/mol. The van der Waals surface area contributed by atoms with Gasteiger partial charge in [-0.25, -0.2) is 4.98 Å². The third-order valence-corrected chi connectivity index (χ3v) is 5.73. The molecule has 1 N–H and O–H groups in total. The molecule has 1 aliphatic carbocycles. The molecule has 1 saturated carbocycles. The predicted octanol–water partition coefficient (Wildman–Crippen LogP) is 0.646. The van der Waals surface area contributed by atoms with E-state index in [-0.39, 0.29) is 17.7 Å². The first-order valence-electron chi connectivity index (χ1n) is 8.83. The number of fused-ring (bicyclic) bond motifs is 2. The van der Waals surface area contributed by atoms with Crippen LogP contribution in [0.4, 0.5) is 0 Å². The Morgan fingerprint density at radius 3 is 2.71 bits per heavy atom. The highest BCUT2D eigenvalue weighted by Gasteiger charge is 2.48. The van der Waals surface area contributed by atoms with Crippen LogP contribution in [0.15, 0.2) is 12.4 Å². The van der Waals surface area contributed by atoms with Crippen molar-refractivity contribution in [3.8, 4) is 0 Å². The highest BCUT2D eigenvalue weighted by molar-refractivity contribution is 5.81. The van der Waals surface area contributed by atoms with Crippen LogP contribution < -0.4 is 5.32 Å². The van der Waals surface area contributed by atoms with Gasteiger partial charge in [-0.2, -0.15) is 0 Å². The lowest BCUT2D eigenvalue weighted by Crippen LogP contribution is -2.55. The van der Waals surface area contributed by atoms with Gasteiger partial charge in [-0.3, -0.25) is 9.59 Å². The molecule has 1 aromatic rings. The molecule has 3 heterocycles. The Kier molecular flexibility index (Phi) is 3.83. The second-order valence-electron chi connectivity index (χ2n) is 7.07. The summed E-state index contributed by atoms with van der Waals surface area (Å²) in [6.07, 6.45) is 7.76. The van der Waals surface area contributed by atoms with Crippen LogP contribution in [-0.4, -0.2) is 52.5 Å². The highest BCUT2D eigenvalue weighted by atomic mass is 16.5. The molecule has 1 aromatic heterocycles. The summed E-state index contributed by atoms with van der Waals surface area (Å²) in [7, 11) is 1.63. The summed E-state index contributed by atoms with van der Waals surface area (Å²) in [6, 6.07) is 0. The van der Waals surface area contributed by atoms with Crippen LogP contribution in [0.3, 0.4) is 0 Å². The molecule has 130 valence electrons. The molecule has 1 saturated heterocycles. The molecule has 2 fully saturated rings. The van der Waals surface area contributed by atoms with Crippen LogP contribution in [0.25, 0.3) is 0 Å². The number of ether oxygens (including phenoxy) is 1. The van der Waals surface area contributed by atoms with Crippen molar-refractivity contribution in [3.05, 3.63) is 18.2 Å². The summed E-state index contributed by atoms with van der Waals surface area (Å²) in [5.41, 5.74) is -0.560. The Hall–Kier alpha value is -1.89. The maximum Gasteiger partial charge on any atom is 0.250 e. The lowest BCUT2D eigenvalue weighted by molar-refractivity contribution is -0.176. The van der Waals surface area contributed by atoms with Crippen molar-refractivity contribution in [1.29, 1.82) is 0 Å². The molecule has 2 aliphatic heterocycles. The van der Waals surface area contributed by atoms with Crippen molar-refractivity contribution in [3.63, 3.8) is 0 Å². The molecule has 0 aromatic carbocycles. The predicted molar refractivity (Wildman–Crippen MR) is 86.0 cm³/mol. The van der Waals surface area contributed by atoms with Crippen molar-refractivity contribution in [2.45, 2.75) is 50.4 Å². The summed E-state index contributed by atoms with van der Waals surface area (Å²) in [5.74, 6) is 1.30. The minimum atomic E-state index is -0.560. The van der Waals surface area contributed by atoms with E-state index >= 15 is 0 Å². The minimum absolute atomic E-state index is 0.110. The number of carbonyl (C=O) groups is 2. The Labute approximate surface area is 141 Å². The molecule has 3 aliphatic rings. The zero-order valence-electron chi connectivity index (χ0n) is 14.0. The molecule has 4 rings (SSSR count). The number of piperidine rings is 1. The molecular formula is C17H24N4O3. The average molecular weight is 332 g/mol. The fraction of sp³-hybridized carbons (Fsp3) is 0.706. The van der Waals surface area contributed by atoms with E-state index in [4.69, 9.17) is 4.74 Å². The van der Waals surface area contributed by atoms with Gasteiger partial charge in [-0.1, -0.05) is 6.42 Å². The number of nitrogens with one attached hydrogen (secondary N) is 1. The van der Waals surface area contributed by atoms with Gasteiger partial charge in [0.2, 0.25) is 5.91 Å². The summed E-state index contributed by atoms with van der Waals surface area (Å²) >= 11 is 0. The highest BCUT2D eigenvalue weighted by Crippen LogP contribution is 2.41. The third-order valence-electron chi connectivity index (χ3n) is 5.73. The first kappa shape index (κ1) is 15.6. The van der Waals surface area contributed by atoms with Crippen LogP contribution in [0, 0.1) is 5.92 Å². The Balaban J connectivity index is 1.52. The monoisotopic (exact) mass is 332 g/mol. The Morgan fingerprint density at radius 1 is 1.33 bits per heavy atom. The van der Waals surface area contributed by atoms with Gasteiger partial charge >= 0.3 is 0 Å². The minimum Gasteiger partial charge on any atom is -0.357 e. The number of nitrogens with zero attached hydrogens (tertiary/aromatic N) is 3. The second-order valence-corrected chi connectivity index (χ2v) is 7.07. The fourth-order valence-electron chi connectivity index (χ4n) is 4.04. The van der Waals surface area contributed by atoms with E-state index in [1.807, 2.05) is 15.7 Å². The van der Waals surface area contributed by atoms with E-state index < -0.39 is 11.7 Å². The summed E-state index contributed by atoms with van der Waals surface area (Å²) < 4.78 is 8.27. The number of likely N-dealkylation sites (N-methyl/N-ethyl adjacent to an activating group) is 1. The van der Waals surface area contributed by atoms with Gasteiger partial charge in [0.15, 0.2) is 6.10 Å². The van der Waals surface area contributed by atoms with Gasteiger partial charge in [-0.05, 0) is 12.8 Å². The van der Waals surface area contributed by atoms with Crippen molar-refractivity contribution >= 4 is 11.8 Å². The van der Waals surface area contributed by atoms with E-state index in [0.29, 0.717) is 32.5 Å². The molecule has 2 amide bonds. The standard InChI is InChI=1S/C17H24N4O3/c1-18-14(22)13-11-21-10-7-19-16(21)17(24-13)5-8-20(9-6-17)15(23)12-3-2-4-12/h7,10,12-13H,2-6,8-9,11H2,1H3,(H,18,22)/t13-/m0/s1. The van der Waals surface area contributed by atoms with Crippen molar-refractivity contribution < 1.29 is 14.3 Å². The van der Waals surface area contributed by atoms with E-state index in [0.717, 1.165) is 18.7 Å². The van der Waals surface area contributed by atoms with Crippen molar-refractivity contribution in [2.24, 2.45) is 5.92 Å². The topological polar surface area (TPSA) is 76.5 Å². The Morgan fingerprint density at radius 2 is 2.08 bits per heavy atom. The lowest BCUT2D eigenvalue weighted by atomic mass is 9.82. The molecule has 1 spiro atoms. The van der Waals surface area contributed by atoms with E-state index in [2.05, 4.69) is 10.3 Å². The fourth-order valence-corrected chi connectivity index (χ4v) is 4.04. The maximum atomic E-state index is 12.5. The van der Waals surface area contributed by atoms with Crippen molar-refractivity contribution in [1.82, 2.24) is 19.8 Å². The zero-order valence-corrected chi connectivity index (χ0v) is 14.0. The third kappa shape index (κ3) is 2.42. The average Bonchev–Trinajstić information content (AvgIpc) is 3.02. The van der Waals surface area contributed by atoms with Crippen LogP contribution in [-0.2, 0) is 26.5 Å². The van der Waals surface area contributed by atoms with Gasteiger partial charge in [-0.15, -0.1) is 0 Å². The second kappa shape index (κ2) is 5.88. The molecule has 7 heteroatoms. The molecule has 0 unspecified atom stereocenters. The smallest absolute Gasteiger partial charge is 0.250 e.